The van der Waals surface area contributed by atoms with E-state index in [-0.39, 0.29) is 12.0 Å². The first-order valence-electron chi connectivity index (χ1n) is 3.26. The predicted octanol–water partition coefficient (Wildman–Crippen LogP) is -0.631. The van der Waals surface area contributed by atoms with Gasteiger partial charge < -0.3 is 16.6 Å². The van der Waals surface area contributed by atoms with Gasteiger partial charge in [0.25, 0.3) is 0 Å². The summed E-state index contributed by atoms with van der Waals surface area (Å²) in [7, 11) is 0. The maximum atomic E-state index is 10.4. The van der Waals surface area contributed by atoms with Gasteiger partial charge in [-0.25, -0.2) is 4.99 Å². The van der Waals surface area contributed by atoms with E-state index in [4.69, 9.17) is 16.6 Å². The minimum absolute atomic E-state index is 0.0781. The molecule has 0 aliphatic rings. The maximum Gasteiger partial charge on any atom is 0.308 e. The van der Waals surface area contributed by atoms with Gasteiger partial charge in [0.2, 0.25) is 0 Å². The summed E-state index contributed by atoms with van der Waals surface area (Å²) in [6.07, 6.45) is 0. The zero-order valence-corrected chi connectivity index (χ0v) is 6.61. The molecule has 0 aliphatic carbocycles. The van der Waals surface area contributed by atoms with Gasteiger partial charge in [-0.2, -0.15) is 0 Å². The van der Waals surface area contributed by atoms with Crippen LogP contribution >= 0.6 is 0 Å². The molecule has 0 radical (unpaired) electrons. The van der Waals surface area contributed by atoms with E-state index < -0.39 is 11.9 Å². The van der Waals surface area contributed by atoms with Crippen LogP contribution in [0.2, 0.25) is 0 Å². The number of hydrogen-bond acceptors (Lipinski definition) is 2. The Balaban J connectivity index is 4.14. The van der Waals surface area contributed by atoms with Gasteiger partial charge in [-0.1, -0.05) is 0 Å². The number of carbonyl (C=O) groups is 1. The second-order valence-corrected chi connectivity index (χ2v) is 2.42. The lowest BCUT2D eigenvalue weighted by Gasteiger charge is -2.10. The van der Waals surface area contributed by atoms with E-state index in [2.05, 4.69) is 4.99 Å². The van der Waals surface area contributed by atoms with E-state index in [0.717, 1.165) is 0 Å². The van der Waals surface area contributed by atoms with Crippen molar-refractivity contribution in [1.82, 2.24) is 0 Å². The highest BCUT2D eigenvalue weighted by Gasteiger charge is 2.18. The van der Waals surface area contributed by atoms with Crippen LogP contribution < -0.4 is 11.5 Å². The van der Waals surface area contributed by atoms with Crippen molar-refractivity contribution in [2.45, 2.75) is 19.9 Å². The molecule has 0 aromatic carbocycles. The second-order valence-electron chi connectivity index (χ2n) is 2.42. The summed E-state index contributed by atoms with van der Waals surface area (Å²) in [5, 5.41) is 8.51. The fourth-order valence-electron chi connectivity index (χ4n) is 0.553. The molecule has 5 nitrogen and oxygen atoms in total. The lowest BCUT2D eigenvalue weighted by molar-refractivity contribution is -0.141. The fraction of sp³-hybridized carbons (Fsp3) is 0.667. The van der Waals surface area contributed by atoms with Gasteiger partial charge in [-0.05, 0) is 13.8 Å². The molecule has 0 aromatic rings. The molecule has 0 heterocycles. The van der Waals surface area contributed by atoms with Crippen LogP contribution in [-0.2, 0) is 4.79 Å². The lowest BCUT2D eigenvalue weighted by Crippen LogP contribution is -2.29. The van der Waals surface area contributed by atoms with E-state index in [1.165, 1.54) is 0 Å². The minimum atomic E-state index is -0.900. The summed E-state index contributed by atoms with van der Waals surface area (Å²) in [5.74, 6) is -1.54. The molecular weight excluding hydrogens is 146 g/mol. The number of aliphatic imine (C=N–C) groups is 1. The smallest absolute Gasteiger partial charge is 0.308 e. The first-order valence-corrected chi connectivity index (χ1v) is 3.26. The van der Waals surface area contributed by atoms with Crippen molar-refractivity contribution in [2.24, 2.45) is 22.4 Å². The van der Waals surface area contributed by atoms with Crippen LogP contribution in [0.3, 0.4) is 0 Å². The van der Waals surface area contributed by atoms with Crippen LogP contribution in [0.1, 0.15) is 13.8 Å². The molecule has 1 unspecified atom stereocenters. The molecule has 0 bridgehead atoms. The quantitative estimate of drug-likeness (QED) is 0.377. The summed E-state index contributed by atoms with van der Waals surface area (Å²) >= 11 is 0. The van der Waals surface area contributed by atoms with E-state index in [1.54, 1.807) is 13.8 Å². The third kappa shape index (κ3) is 3.44. The average Bonchev–Trinajstić information content (AvgIpc) is 1.84. The van der Waals surface area contributed by atoms with Gasteiger partial charge in [0, 0.05) is 0 Å². The first kappa shape index (κ1) is 9.74. The lowest BCUT2D eigenvalue weighted by atomic mass is 10.1. The number of nitrogens with zero attached hydrogens (tertiary/aromatic N) is 1. The summed E-state index contributed by atoms with van der Waals surface area (Å²) in [6.45, 7) is 3.21. The number of hydrogen-bond donors (Lipinski definition) is 3. The van der Waals surface area contributed by atoms with Gasteiger partial charge in [0.15, 0.2) is 5.96 Å². The molecule has 0 aliphatic heterocycles. The Labute approximate surface area is 65.1 Å². The Morgan fingerprint density at radius 1 is 1.45 bits per heavy atom. The van der Waals surface area contributed by atoms with Crippen molar-refractivity contribution < 1.29 is 9.90 Å². The van der Waals surface area contributed by atoms with Crippen molar-refractivity contribution in [3.63, 3.8) is 0 Å². The molecule has 0 saturated carbocycles. The van der Waals surface area contributed by atoms with E-state index in [1.807, 2.05) is 0 Å². The summed E-state index contributed by atoms with van der Waals surface area (Å²) in [4.78, 5) is 14.1. The van der Waals surface area contributed by atoms with Crippen molar-refractivity contribution in [2.75, 3.05) is 0 Å². The van der Waals surface area contributed by atoms with Crippen LogP contribution in [0.5, 0.6) is 0 Å². The monoisotopic (exact) mass is 159 g/mol. The molecule has 0 saturated heterocycles. The first-order chi connectivity index (χ1) is 4.95. The second kappa shape index (κ2) is 3.80. The molecule has 11 heavy (non-hydrogen) atoms. The van der Waals surface area contributed by atoms with Crippen LogP contribution in [0.25, 0.3) is 0 Å². The van der Waals surface area contributed by atoms with Gasteiger partial charge in [-0.3, -0.25) is 4.79 Å². The molecular formula is C6H13N3O2. The minimum Gasteiger partial charge on any atom is -0.481 e. The average molecular weight is 159 g/mol. The Morgan fingerprint density at radius 2 is 1.91 bits per heavy atom. The number of guanidine groups is 1. The Morgan fingerprint density at radius 3 is 2.18 bits per heavy atom. The van der Waals surface area contributed by atoms with Gasteiger partial charge >= 0.3 is 5.97 Å². The van der Waals surface area contributed by atoms with Crippen LogP contribution in [-0.4, -0.2) is 23.1 Å². The van der Waals surface area contributed by atoms with Crippen molar-refractivity contribution in [1.29, 1.82) is 0 Å². The molecule has 0 amide bonds. The van der Waals surface area contributed by atoms with E-state index in [9.17, 15) is 4.79 Å². The zero-order chi connectivity index (χ0) is 9.02. The number of carboxylic acid groups (broad SMARTS) is 1. The van der Waals surface area contributed by atoms with Crippen LogP contribution in [0.15, 0.2) is 4.99 Å². The maximum absolute atomic E-state index is 10.4. The molecule has 0 fully saturated rings. The largest absolute Gasteiger partial charge is 0.481 e. The number of carboxylic acids is 1. The van der Waals surface area contributed by atoms with Crippen LogP contribution in [0, 0.1) is 5.92 Å². The van der Waals surface area contributed by atoms with E-state index >= 15 is 0 Å². The van der Waals surface area contributed by atoms with Gasteiger partial charge in [-0.15, -0.1) is 0 Å². The highest BCUT2D eigenvalue weighted by Crippen LogP contribution is 2.05. The molecule has 64 valence electrons. The zero-order valence-electron chi connectivity index (χ0n) is 6.61. The summed E-state index contributed by atoms with van der Waals surface area (Å²) in [5.41, 5.74) is 10.1. The molecule has 5 heteroatoms. The van der Waals surface area contributed by atoms with Gasteiger partial charge in [0.1, 0.15) is 0 Å². The SMILES string of the molecule is CC(N=C(N)N)[C@@H](C)C(=O)O. The molecule has 5 N–H and O–H groups in total. The summed E-state index contributed by atoms with van der Waals surface area (Å²) in [6, 6.07) is -0.377. The Bertz CT molecular complexity index is 175. The molecule has 0 spiro atoms. The normalized spacial score (nSPS) is 15.1. The van der Waals surface area contributed by atoms with E-state index in [0.29, 0.717) is 0 Å². The summed E-state index contributed by atoms with van der Waals surface area (Å²) < 4.78 is 0. The van der Waals surface area contributed by atoms with Crippen molar-refractivity contribution in [3.05, 3.63) is 0 Å². The topological polar surface area (TPSA) is 102 Å². The number of aliphatic carboxylic acids is 1. The highest BCUT2D eigenvalue weighted by atomic mass is 16.4. The third-order valence-electron chi connectivity index (χ3n) is 1.47. The molecule has 0 rings (SSSR count). The molecule has 2 atom stereocenters. The van der Waals surface area contributed by atoms with Crippen molar-refractivity contribution in [3.8, 4) is 0 Å². The Hall–Kier alpha value is -1.26. The highest BCUT2D eigenvalue weighted by molar-refractivity contribution is 5.77. The number of nitrogens with two attached hydrogens (primary N) is 2. The van der Waals surface area contributed by atoms with Gasteiger partial charge in [0.05, 0.1) is 12.0 Å². The van der Waals surface area contributed by atoms with Crippen molar-refractivity contribution >= 4 is 11.9 Å². The Kier molecular flexibility index (Phi) is 3.36. The number of rotatable bonds is 3. The molecule has 0 aromatic heterocycles. The standard InChI is InChI=1S/C6H13N3O2/c1-3(5(10)11)4(2)9-6(7)8/h3-4H,1-2H3,(H,10,11)(H4,7,8,9)/t3-,4?/m1/s1. The third-order valence-corrected chi connectivity index (χ3v) is 1.47. The van der Waals surface area contributed by atoms with Crippen LogP contribution in [0.4, 0.5) is 0 Å². The fourth-order valence-corrected chi connectivity index (χ4v) is 0.553. The predicted molar refractivity (Wildman–Crippen MR) is 42.1 cm³/mol.